The molecule has 0 unspecified atom stereocenters. The molecule has 0 aliphatic heterocycles. The molecule has 1 aromatic heterocycles. The van der Waals surface area contributed by atoms with Gasteiger partial charge in [0.15, 0.2) is 0 Å². The van der Waals surface area contributed by atoms with E-state index in [2.05, 4.69) is 20.6 Å². The first-order valence-corrected chi connectivity index (χ1v) is 10.2. The molecule has 0 aromatic carbocycles. The Morgan fingerprint density at radius 2 is 1.96 bits per heavy atom. The summed E-state index contributed by atoms with van der Waals surface area (Å²) >= 11 is 0. The average Bonchev–Trinajstić information content (AvgIpc) is 2.66. The van der Waals surface area contributed by atoms with Crippen LogP contribution in [0.1, 0.15) is 68.1 Å². The number of rotatable bonds is 6. The first-order valence-electron chi connectivity index (χ1n) is 10.2. The number of methoxy groups -OCH3 is 1. The van der Waals surface area contributed by atoms with Crippen molar-refractivity contribution < 1.29 is 14.6 Å². The van der Waals surface area contributed by atoms with Crippen molar-refractivity contribution in [3.63, 3.8) is 0 Å². The Bertz CT molecular complexity index is 701. The van der Waals surface area contributed by atoms with Crippen molar-refractivity contribution >= 4 is 17.7 Å². The Morgan fingerprint density at radius 3 is 2.68 bits per heavy atom. The lowest BCUT2D eigenvalue weighted by Gasteiger charge is -2.28. The van der Waals surface area contributed by atoms with Gasteiger partial charge >= 0.3 is 0 Å². The quantitative estimate of drug-likeness (QED) is 0.589. The Morgan fingerprint density at radius 1 is 1.18 bits per heavy atom. The fourth-order valence-electron chi connectivity index (χ4n) is 3.93. The summed E-state index contributed by atoms with van der Waals surface area (Å²) in [6.07, 6.45) is 12.0. The molecule has 1 saturated carbocycles. The van der Waals surface area contributed by atoms with E-state index in [9.17, 15) is 9.90 Å². The number of carbonyl (C=O) groups excluding carboxylic acids is 1. The highest BCUT2D eigenvalue weighted by Crippen LogP contribution is 2.25. The van der Waals surface area contributed by atoms with Crippen LogP contribution < -0.4 is 16.4 Å². The summed E-state index contributed by atoms with van der Waals surface area (Å²) in [5.74, 6) is 0.716. The van der Waals surface area contributed by atoms with E-state index in [1.165, 1.54) is 6.20 Å². The number of nitrogens with zero attached hydrogens (tertiary/aromatic N) is 2. The maximum Gasteiger partial charge on any atom is 0.254 e. The smallest absolute Gasteiger partial charge is 0.254 e. The molecule has 2 aliphatic carbocycles. The van der Waals surface area contributed by atoms with Gasteiger partial charge in [-0.2, -0.15) is 4.98 Å². The molecule has 154 valence electrons. The van der Waals surface area contributed by atoms with E-state index >= 15 is 0 Å². The number of carbonyl (C=O) groups is 1. The van der Waals surface area contributed by atoms with Crippen LogP contribution in [0.25, 0.3) is 0 Å². The van der Waals surface area contributed by atoms with Crippen molar-refractivity contribution in [2.24, 2.45) is 5.73 Å². The van der Waals surface area contributed by atoms with Gasteiger partial charge in [0.1, 0.15) is 5.82 Å². The lowest BCUT2D eigenvalue weighted by atomic mass is 9.93. The van der Waals surface area contributed by atoms with Crippen molar-refractivity contribution in [3.8, 4) is 0 Å². The highest BCUT2D eigenvalue weighted by molar-refractivity contribution is 5.97. The predicted molar refractivity (Wildman–Crippen MR) is 108 cm³/mol. The molecular weight excluding hydrogens is 358 g/mol. The van der Waals surface area contributed by atoms with Gasteiger partial charge < -0.3 is 26.2 Å². The summed E-state index contributed by atoms with van der Waals surface area (Å²) in [6, 6.07) is 0.279. The molecule has 5 N–H and O–H groups in total. The molecule has 1 aromatic rings. The Kier molecular flexibility index (Phi) is 7.08. The molecule has 1 amide bonds. The third-order valence-electron chi connectivity index (χ3n) is 5.58. The maximum atomic E-state index is 11.8. The zero-order valence-electron chi connectivity index (χ0n) is 16.5. The minimum absolute atomic E-state index is 0.00505. The van der Waals surface area contributed by atoms with Crippen molar-refractivity contribution in [2.75, 3.05) is 17.7 Å². The van der Waals surface area contributed by atoms with E-state index < -0.39 is 5.91 Å². The molecule has 1 heterocycles. The Balaban J connectivity index is 1.71. The van der Waals surface area contributed by atoms with Crippen LogP contribution in [0.2, 0.25) is 0 Å². The molecule has 0 spiro atoms. The number of anilines is 2. The molecule has 0 radical (unpaired) electrons. The van der Waals surface area contributed by atoms with E-state index in [1.54, 1.807) is 7.11 Å². The number of hydrogen-bond acceptors (Lipinski definition) is 7. The van der Waals surface area contributed by atoms with Crippen LogP contribution in [0.15, 0.2) is 18.0 Å². The van der Waals surface area contributed by atoms with E-state index in [0.717, 1.165) is 51.4 Å². The standard InChI is InChI=1S/C20H31N5O3/c1-28-16-9-7-13(8-10-16)24-20-22-12-17(18(21)27)19(25-20)23-14-5-3-2-4-6-15(26)11-14/h6,12-14,16,26H,2-5,7-11H2,1H3,(H2,21,27)(H2,22,23,24,25)/t13?,14-,16?/m0/s1. The number of hydrogen-bond donors (Lipinski definition) is 4. The lowest BCUT2D eigenvalue weighted by Crippen LogP contribution is -2.30. The number of aliphatic hydroxyl groups excluding tert-OH is 1. The van der Waals surface area contributed by atoms with Crippen LogP contribution in [0, 0.1) is 0 Å². The third-order valence-corrected chi connectivity index (χ3v) is 5.58. The van der Waals surface area contributed by atoms with Gasteiger partial charge in [-0.3, -0.25) is 4.79 Å². The maximum absolute atomic E-state index is 11.8. The van der Waals surface area contributed by atoms with Crippen molar-refractivity contribution in [3.05, 3.63) is 23.6 Å². The zero-order chi connectivity index (χ0) is 19.9. The van der Waals surface area contributed by atoms with Gasteiger partial charge in [-0.15, -0.1) is 0 Å². The molecule has 28 heavy (non-hydrogen) atoms. The molecule has 1 atom stereocenters. The highest BCUT2D eigenvalue weighted by Gasteiger charge is 2.23. The summed E-state index contributed by atoms with van der Waals surface area (Å²) < 4.78 is 5.42. The fourth-order valence-corrected chi connectivity index (χ4v) is 3.93. The average molecular weight is 390 g/mol. The minimum atomic E-state index is -0.569. The van der Waals surface area contributed by atoms with Gasteiger partial charge in [0.25, 0.3) is 5.91 Å². The van der Waals surface area contributed by atoms with Crippen LogP contribution in [-0.4, -0.2) is 46.3 Å². The van der Waals surface area contributed by atoms with Crippen LogP contribution in [0.3, 0.4) is 0 Å². The topological polar surface area (TPSA) is 122 Å². The number of nitrogens with one attached hydrogen (secondary N) is 2. The first kappa shape index (κ1) is 20.4. The zero-order valence-corrected chi connectivity index (χ0v) is 16.5. The number of aliphatic hydroxyl groups is 1. The number of aromatic nitrogens is 2. The monoisotopic (exact) mass is 389 g/mol. The first-order chi connectivity index (χ1) is 13.5. The number of amides is 1. The Hall–Kier alpha value is -2.35. The molecule has 0 bridgehead atoms. The van der Waals surface area contributed by atoms with E-state index in [1.807, 2.05) is 6.08 Å². The molecule has 0 saturated heterocycles. The molecular formula is C20H31N5O3. The van der Waals surface area contributed by atoms with Gasteiger partial charge in [-0.1, -0.05) is 6.42 Å². The lowest BCUT2D eigenvalue weighted by molar-refractivity contribution is 0.0681. The molecule has 3 rings (SSSR count). The molecule has 2 aliphatic rings. The second kappa shape index (κ2) is 9.73. The van der Waals surface area contributed by atoms with E-state index in [-0.39, 0.29) is 17.6 Å². The summed E-state index contributed by atoms with van der Waals surface area (Å²) in [5, 5.41) is 16.7. The molecule has 8 heteroatoms. The van der Waals surface area contributed by atoms with Crippen LogP contribution in [0.4, 0.5) is 11.8 Å². The highest BCUT2D eigenvalue weighted by atomic mass is 16.5. The normalized spacial score (nSPS) is 25.9. The number of primary amides is 1. The van der Waals surface area contributed by atoms with E-state index in [0.29, 0.717) is 30.1 Å². The SMILES string of the molecule is COC1CCC(Nc2ncc(C(N)=O)c(N[C@H]3CCCCC=C(O)C3)n2)CC1. The van der Waals surface area contributed by atoms with Crippen molar-refractivity contribution in [1.29, 1.82) is 0 Å². The van der Waals surface area contributed by atoms with Crippen molar-refractivity contribution in [2.45, 2.75) is 76.0 Å². The van der Waals surface area contributed by atoms with Gasteiger partial charge in [0, 0.05) is 31.8 Å². The Labute approximate surface area is 166 Å². The van der Waals surface area contributed by atoms with Gasteiger partial charge in [0.2, 0.25) is 5.95 Å². The van der Waals surface area contributed by atoms with Crippen molar-refractivity contribution in [1.82, 2.24) is 9.97 Å². The largest absolute Gasteiger partial charge is 0.513 e. The second-order valence-corrected chi connectivity index (χ2v) is 7.70. The van der Waals surface area contributed by atoms with Crippen LogP contribution in [-0.2, 0) is 4.74 Å². The predicted octanol–water partition coefficient (Wildman–Crippen LogP) is 3.13. The minimum Gasteiger partial charge on any atom is -0.513 e. The summed E-state index contributed by atoms with van der Waals surface area (Å²) in [7, 11) is 1.75. The fraction of sp³-hybridized carbons (Fsp3) is 0.650. The molecule has 8 nitrogen and oxygen atoms in total. The van der Waals surface area contributed by atoms with Gasteiger partial charge in [0.05, 0.1) is 17.4 Å². The summed E-state index contributed by atoms with van der Waals surface area (Å²) in [5.41, 5.74) is 5.78. The van der Waals surface area contributed by atoms with Crippen LogP contribution >= 0.6 is 0 Å². The van der Waals surface area contributed by atoms with Crippen LogP contribution in [0.5, 0.6) is 0 Å². The summed E-state index contributed by atoms with van der Waals surface area (Å²) in [6.45, 7) is 0. The van der Waals surface area contributed by atoms with E-state index in [4.69, 9.17) is 10.5 Å². The number of nitrogens with two attached hydrogens (primary N) is 1. The number of allylic oxidation sites excluding steroid dienone is 1. The van der Waals surface area contributed by atoms with Gasteiger partial charge in [-0.25, -0.2) is 4.98 Å². The summed E-state index contributed by atoms with van der Waals surface area (Å²) in [4.78, 5) is 20.6. The second-order valence-electron chi connectivity index (χ2n) is 7.70. The third kappa shape index (κ3) is 5.58. The number of ether oxygens (including phenoxy) is 1. The van der Waals surface area contributed by atoms with Gasteiger partial charge in [-0.05, 0) is 51.0 Å². The molecule has 1 fully saturated rings.